The van der Waals surface area contributed by atoms with Gasteiger partial charge in [0.25, 0.3) is 0 Å². The van der Waals surface area contributed by atoms with Crippen molar-refractivity contribution in [3.05, 3.63) is 60.3 Å². The topological polar surface area (TPSA) is 14.2 Å². The molecular weight excluding hydrogens is 222 g/mol. The first kappa shape index (κ1) is 10.9. The smallest absolute Gasteiger partial charge is 0.128 e. The Kier molecular flexibility index (Phi) is 2.56. The molecule has 0 radical (unpaired) electrons. The van der Waals surface area contributed by atoms with Crippen molar-refractivity contribution in [2.24, 2.45) is 7.05 Å². The van der Waals surface area contributed by atoms with Crippen molar-refractivity contribution >= 4 is 10.9 Å². The quantitative estimate of drug-likeness (QED) is 0.649. The molecule has 0 saturated carbocycles. The Morgan fingerprint density at radius 2 is 1.61 bits per heavy atom. The Hall–Kier alpha value is -2.22. The number of aryl methyl sites for hydroxylation is 2. The van der Waals surface area contributed by atoms with Gasteiger partial charge in [0.05, 0.1) is 0 Å². The van der Waals surface area contributed by atoms with Crippen molar-refractivity contribution in [1.29, 1.82) is 0 Å². The molecule has 0 amide bonds. The lowest BCUT2D eigenvalue weighted by Crippen LogP contribution is -1.86. The fourth-order valence-corrected chi connectivity index (χ4v) is 2.07. The molecule has 2 heteroatoms. The van der Waals surface area contributed by atoms with E-state index in [4.69, 9.17) is 4.74 Å². The van der Waals surface area contributed by atoms with Crippen molar-refractivity contribution in [2.45, 2.75) is 6.92 Å². The number of ether oxygens (including phenoxy) is 1. The number of hydrogen-bond acceptors (Lipinski definition) is 1. The second kappa shape index (κ2) is 4.22. The number of benzene rings is 2. The van der Waals surface area contributed by atoms with Gasteiger partial charge in [-0.05, 0) is 43.3 Å². The average Bonchev–Trinajstić information content (AvgIpc) is 2.74. The van der Waals surface area contributed by atoms with E-state index in [2.05, 4.69) is 48.0 Å². The third kappa shape index (κ3) is 1.97. The zero-order valence-electron chi connectivity index (χ0n) is 10.6. The molecule has 2 nitrogen and oxygen atoms in total. The lowest BCUT2D eigenvalue weighted by molar-refractivity contribution is 0.483. The highest BCUT2D eigenvalue weighted by Gasteiger charge is 2.01. The van der Waals surface area contributed by atoms with E-state index in [9.17, 15) is 0 Å². The molecule has 0 unspecified atom stereocenters. The van der Waals surface area contributed by atoms with Crippen LogP contribution in [0, 0.1) is 6.92 Å². The van der Waals surface area contributed by atoms with Gasteiger partial charge in [-0.25, -0.2) is 0 Å². The van der Waals surface area contributed by atoms with Crippen molar-refractivity contribution in [2.75, 3.05) is 0 Å². The van der Waals surface area contributed by atoms with E-state index < -0.39 is 0 Å². The molecule has 3 aromatic rings. The Morgan fingerprint density at radius 3 is 2.39 bits per heavy atom. The maximum absolute atomic E-state index is 5.84. The van der Waals surface area contributed by atoms with Gasteiger partial charge in [0.1, 0.15) is 11.5 Å². The summed E-state index contributed by atoms with van der Waals surface area (Å²) in [6.07, 6.45) is 2.06. The van der Waals surface area contributed by atoms with Crippen LogP contribution in [0.3, 0.4) is 0 Å². The Labute approximate surface area is 106 Å². The third-order valence-corrected chi connectivity index (χ3v) is 3.11. The molecular formula is C16H15NO. The molecule has 0 aliphatic heterocycles. The normalized spacial score (nSPS) is 10.8. The summed E-state index contributed by atoms with van der Waals surface area (Å²) in [5, 5.41) is 1.20. The molecule has 0 aliphatic rings. The van der Waals surface area contributed by atoms with Gasteiger partial charge in [-0.1, -0.05) is 17.7 Å². The summed E-state index contributed by atoms with van der Waals surface area (Å²) >= 11 is 0. The molecule has 3 rings (SSSR count). The molecule has 90 valence electrons. The summed E-state index contributed by atoms with van der Waals surface area (Å²) in [5.41, 5.74) is 2.45. The molecule has 1 heterocycles. The van der Waals surface area contributed by atoms with Gasteiger partial charge in [0.15, 0.2) is 0 Å². The lowest BCUT2D eigenvalue weighted by atomic mass is 10.2. The first-order valence-electron chi connectivity index (χ1n) is 6.02. The minimum absolute atomic E-state index is 0.871. The van der Waals surface area contributed by atoms with Gasteiger partial charge in [0, 0.05) is 24.1 Å². The predicted octanol–water partition coefficient (Wildman–Crippen LogP) is 4.28. The van der Waals surface area contributed by atoms with Crippen LogP contribution < -0.4 is 4.74 Å². The van der Waals surface area contributed by atoms with E-state index in [1.807, 2.05) is 25.2 Å². The minimum Gasteiger partial charge on any atom is -0.457 e. The fraction of sp³-hybridized carbons (Fsp3) is 0.125. The zero-order chi connectivity index (χ0) is 12.5. The third-order valence-electron chi connectivity index (χ3n) is 3.11. The molecule has 0 fully saturated rings. The van der Waals surface area contributed by atoms with Crippen LogP contribution in [-0.2, 0) is 7.05 Å². The van der Waals surface area contributed by atoms with Crippen LogP contribution >= 0.6 is 0 Å². The summed E-state index contributed by atoms with van der Waals surface area (Å²) in [4.78, 5) is 0. The predicted molar refractivity (Wildman–Crippen MR) is 74.2 cm³/mol. The van der Waals surface area contributed by atoms with Crippen LogP contribution in [0.15, 0.2) is 54.7 Å². The molecule has 0 atom stereocenters. The largest absolute Gasteiger partial charge is 0.457 e. The number of aromatic nitrogens is 1. The highest BCUT2D eigenvalue weighted by molar-refractivity contribution is 5.81. The molecule has 2 aromatic carbocycles. The highest BCUT2D eigenvalue weighted by Crippen LogP contribution is 2.26. The number of rotatable bonds is 2. The van der Waals surface area contributed by atoms with Crippen LogP contribution in [-0.4, -0.2) is 4.57 Å². The molecule has 0 aliphatic carbocycles. The van der Waals surface area contributed by atoms with Crippen LogP contribution in [0.4, 0.5) is 0 Å². The van der Waals surface area contributed by atoms with E-state index in [-0.39, 0.29) is 0 Å². The highest BCUT2D eigenvalue weighted by atomic mass is 16.5. The molecule has 18 heavy (non-hydrogen) atoms. The average molecular weight is 237 g/mol. The molecule has 0 saturated heterocycles. The summed E-state index contributed by atoms with van der Waals surface area (Å²) in [7, 11) is 2.04. The van der Waals surface area contributed by atoms with E-state index in [0.29, 0.717) is 0 Å². The minimum atomic E-state index is 0.871. The van der Waals surface area contributed by atoms with Gasteiger partial charge in [-0.2, -0.15) is 0 Å². The van der Waals surface area contributed by atoms with Crippen molar-refractivity contribution < 1.29 is 4.74 Å². The SMILES string of the molecule is Cc1ccc(Oc2ccc3c(ccn3C)c2)cc1. The fourth-order valence-electron chi connectivity index (χ4n) is 2.07. The van der Waals surface area contributed by atoms with Crippen molar-refractivity contribution in [3.63, 3.8) is 0 Å². The van der Waals surface area contributed by atoms with Gasteiger partial charge in [0.2, 0.25) is 0 Å². The second-order valence-electron chi connectivity index (χ2n) is 4.56. The maximum atomic E-state index is 5.84. The van der Waals surface area contributed by atoms with E-state index in [0.717, 1.165) is 11.5 Å². The van der Waals surface area contributed by atoms with Crippen LogP contribution in [0.1, 0.15) is 5.56 Å². The Bertz CT molecular complexity index is 680. The van der Waals surface area contributed by atoms with E-state index in [1.54, 1.807) is 0 Å². The van der Waals surface area contributed by atoms with E-state index >= 15 is 0 Å². The molecule has 1 aromatic heterocycles. The number of nitrogens with zero attached hydrogens (tertiary/aromatic N) is 1. The Balaban J connectivity index is 1.92. The van der Waals surface area contributed by atoms with Crippen LogP contribution in [0.2, 0.25) is 0 Å². The monoisotopic (exact) mass is 237 g/mol. The van der Waals surface area contributed by atoms with E-state index in [1.165, 1.54) is 16.5 Å². The molecule has 0 bridgehead atoms. The number of fused-ring (bicyclic) bond motifs is 1. The number of hydrogen-bond donors (Lipinski definition) is 0. The molecule has 0 spiro atoms. The van der Waals surface area contributed by atoms with Gasteiger partial charge < -0.3 is 9.30 Å². The van der Waals surface area contributed by atoms with Crippen LogP contribution in [0.25, 0.3) is 10.9 Å². The zero-order valence-corrected chi connectivity index (χ0v) is 10.6. The molecule has 0 N–H and O–H groups in total. The summed E-state index contributed by atoms with van der Waals surface area (Å²) in [6.45, 7) is 2.07. The first-order valence-corrected chi connectivity index (χ1v) is 6.02. The standard InChI is InChI=1S/C16H15NO/c1-12-3-5-14(6-4-12)18-15-7-8-16-13(11-15)9-10-17(16)2/h3-11H,1-2H3. The first-order chi connectivity index (χ1) is 8.72. The maximum Gasteiger partial charge on any atom is 0.128 e. The van der Waals surface area contributed by atoms with Gasteiger partial charge in [-0.15, -0.1) is 0 Å². The van der Waals surface area contributed by atoms with Crippen LogP contribution in [0.5, 0.6) is 11.5 Å². The summed E-state index contributed by atoms with van der Waals surface area (Å²) in [6, 6.07) is 16.3. The van der Waals surface area contributed by atoms with Crippen molar-refractivity contribution in [1.82, 2.24) is 4.57 Å². The second-order valence-corrected chi connectivity index (χ2v) is 4.56. The van der Waals surface area contributed by atoms with Gasteiger partial charge in [-0.3, -0.25) is 0 Å². The lowest BCUT2D eigenvalue weighted by Gasteiger charge is -2.06. The Morgan fingerprint density at radius 1 is 0.889 bits per heavy atom. The summed E-state index contributed by atoms with van der Waals surface area (Å²) in [5.74, 6) is 1.74. The van der Waals surface area contributed by atoms with Gasteiger partial charge >= 0.3 is 0 Å². The summed E-state index contributed by atoms with van der Waals surface area (Å²) < 4.78 is 7.94. The van der Waals surface area contributed by atoms with Crippen molar-refractivity contribution in [3.8, 4) is 11.5 Å².